The van der Waals surface area contributed by atoms with E-state index in [0.29, 0.717) is 28.1 Å². The van der Waals surface area contributed by atoms with Gasteiger partial charge in [0.1, 0.15) is 11.5 Å². The van der Waals surface area contributed by atoms with Crippen molar-refractivity contribution in [2.45, 2.75) is 31.7 Å². The number of rotatable bonds is 5. The van der Waals surface area contributed by atoms with E-state index in [1.807, 2.05) is 38.1 Å². The Balaban J connectivity index is 1.83. The van der Waals surface area contributed by atoms with Crippen molar-refractivity contribution in [1.29, 1.82) is 0 Å². The lowest BCUT2D eigenvalue weighted by molar-refractivity contribution is 0.414. The summed E-state index contributed by atoms with van der Waals surface area (Å²) in [6.45, 7) is 5.46. The van der Waals surface area contributed by atoms with Crippen molar-refractivity contribution in [3.63, 3.8) is 0 Å². The van der Waals surface area contributed by atoms with Crippen LogP contribution in [0.25, 0.3) is 11.5 Å². The Labute approximate surface area is 149 Å². The Bertz CT molecular complexity index is 962. The van der Waals surface area contributed by atoms with Gasteiger partial charge in [0.25, 0.3) is 5.56 Å². The number of oxazole rings is 1. The minimum Gasteiger partial charge on any atom is -0.496 e. The van der Waals surface area contributed by atoms with Gasteiger partial charge in [-0.05, 0) is 32.9 Å². The van der Waals surface area contributed by atoms with Crippen molar-refractivity contribution < 1.29 is 9.15 Å². The molecule has 0 aliphatic rings. The molecule has 1 N–H and O–H groups in total. The number of benzene rings is 1. The van der Waals surface area contributed by atoms with Crippen LogP contribution < -0.4 is 10.3 Å². The van der Waals surface area contributed by atoms with Crippen LogP contribution in [-0.2, 0) is 5.75 Å². The van der Waals surface area contributed by atoms with Crippen molar-refractivity contribution in [3.05, 3.63) is 57.3 Å². The second kappa shape index (κ2) is 7.14. The molecule has 0 amide bonds. The highest BCUT2D eigenvalue weighted by molar-refractivity contribution is 7.98. The molecular weight excluding hydrogens is 338 g/mol. The molecule has 6 nitrogen and oxygen atoms in total. The summed E-state index contributed by atoms with van der Waals surface area (Å²) in [5.74, 6) is 2.52. The molecule has 3 aromatic rings. The summed E-state index contributed by atoms with van der Waals surface area (Å²) < 4.78 is 11.2. The van der Waals surface area contributed by atoms with E-state index in [-0.39, 0.29) is 5.56 Å². The normalized spacial score (nSPS) is 10.9. The number of H-pyrrole nitrogens is 1. The average molecular weight is 357 g/mol. The fourth-order valence-corrected chi connectivity index (χ4v) is 3.23. The summed E-state index contributed by atoms with van der Waals surface area (Å²) in [5.41, 5.74) is 2.88. The lowest BCUT2D eigenvalue weighted by atomic mass is 10.2. The van der Waals surface area contributed by atoms with E-state index in [9.17, 15) is 4.79 Å². The smallest absolute Gasteiger partial charge is 0.254 e. The van der Waals surface area contributed by atoms with E-state index < -0.39 is 0 Å². The number of aromatic amines is 1. The number of nitrogens with zero attached hydrogens (tertiary/aromatic N) is 2. The zero-order valence-corrected chi connectivity index (χ0v) is 15.4. The molecule has 0 atom stereocenters. The zero-order valence-electron chi connectivity index (χ0n) is 14.5. The average Bonchev–Trinajstić information content (AvgIpc) is 2.98. The molecule has 0 unspecified atom stereocenters. The van der Waals surface area contributed by atoms with Crippen LogP contribution in [0, 0.1) is 20.8 Å². The van der Waals surface area contributed by atoms with Crippen LogP contribution in [0.4, 0.5) is 0 Å². The van der Waals surface area contributed by atoms with Crippen LogP contribution in [0.15, 0.2) is 38.6 Å². The van der Waals surface area contributed by atoms with Gasteiger partial charge in [0, 0.05) is 17.0 Å². The van der Waals surface area contributed by atoms with Gasteiger partial charge in [-0.25, -0.2) is 9.97 Å². The molecule has 0 aliphatic carbocycles. The van der Waals surface area contributed by atoms with Gasteiger partial charge in [0.05, 0.1) is 18.4 Å². The number of methoxy groups -OCH3 is 1. The van der Waals surface area contributed by atoms with E-state index in [2.05, 4.69) is 15.0 Å². The van der Waals surface area contributed by atoms with E-state index >= 15 is 0 Å². The SMILES string of the molecule is COc1ccccc1-c1nc(CSc2nc(C)c(C)c(=O)[nH]2)c(C)o1. The number of aryl methyl sites for hydroxylation is 2. The van der Waals surface area contributed by atoms with Gasteiger partial charge >= 0.3 is 0 Å². The Kier molecular flexibility index (Phi) is 4.94. The van der Waals surface area contributed by atoms with E-state index in [1.54, 1.807) is 14.0 Å². The maximum absolute atomic E-state index is 11.8. The number of ether oxygens (including phenoxy) is 1. The van der Waals surface area contributed by atoms with E-state index in [4.69, 9.17) is 9.15 Å². The summed E-state index contributed by atoms with van der Waals surface area (Å²) >= 11 is 1.42. The highest BCUT2D eigenvalue weighted by Crippen LogP contribution is 2.31. The zero-order chi connectivity index (χ0) is 18.0. The quantitative estimate of drug-likeness (QED) is 0.554. The summed E-state index contributed by atoms with van der Waals surface area (Å²) in [7, 11) is 1.62. The Morgan fingerprint density at radius 2 is 1.96 bits per heavy atom. The van der Waals surface area contributed by atoms with Gasteiger partial charge in [-0.15, -0.1) is 0 Å². The van der Waals surface area contributed by atoms with Crippen LogP contribution in [0.5, 0.6) is 5.75 Å². The maximum Gasteiger partial charge on any atom is 0.254 e. The molecule has 130 valence electrons. The molecule has 0 saturated carbocycles. The standard InChI is InChI=1S/C18H19N3O3S/c1-10-11(2)19-18(21-16(10)22)25-9-14-12(3)24-17(20-14)13-7-5-6-8-15(13)23-4/h5-8H,9H2,1-4H3,(H,19,21,22). The molecule has 3 rings (SSSR count). The number of para-hydroxylation sites is 1. The molecule has 0 aliphatic heterocycles. The topological polar surface area (TPSA) is 81.0 Å². The van der Waals surface area contributed by atoms with Crippen molar-refractivity contribution in [3.8, 4) is 17.2 Å². The highest BCUT2D eigenvalue weighted by atomic mass is 32.2. The van der Waals surface area contributed by atoms with Crippen molar-refractivity contribution >= 4 is 11.8 Å². The van der Waals surface area contributed by atoms with Gasteiger partial charge < -0.3 is 14.1 Å². The molecule has 0 radical (unpaired) electrons. The Hall–Kier alpha value is -2.54. The van der Waals surface area contributed by atoms with Gasteiger partial charge in [-0.1, -0.05) is 23.9 Å². The molecule has 2 heterocycles. The number of hydrogen-bond acceptors (Lipinski definition) is 6. The van der Waals surface area contributed by atoms with Crippen LogP contribution in [0.1, 0.15) is 22.7 Å². The highest BCUT2D eigenvalue weighted by Gasteiger charge is 2.15. The summed E-state index contributed by atoms with van der Waals surface area (Å²) in [6.07, 6.45) is 0. The molecule has 0 saturated heterocycles. The third kappa shape index (κ3) is 3.61. The lowest BCUT2D eigenvalue weighted by Crippen LogP contribution is -2.14. The second-order valence-corrected chi connectivity index (χ2v) is 6.56. The molecule has 25 heavy (non-hydrogen) atoms. The van der Waals surface area contributed by atoms with Crippen LogP contribution in [0.3, 0.4) is 0 Å². The van der Waals surface area contributed by atoms with Crippen molar-refractivity contribution in [2.24, 2.45) is 0 Å². The van der Waals surface area contributed by atoms with Gasteiger partial charge in [-0.2, -0.15) is 0 Å². The first-order valence-corrected chi connectivity index (χ1v) is 8.78. The predicted octanol–water partition coefficient (Wildman–Crippen LogP) is 3.65. The van der Waals surface area contributed by atoms with E-state index in [0.717, 1.165) is 22.7 Å². The molecular formula is C18H19N3O3S. The minimum absolute atomic E-state index is 0.110. The fourth-order valence-electron chi connectivity index (χ4n) is 2.32. The summed E-state index contributed by atoms with van der Waals surface area (Å²) in [5, 5.41) is 0.578. The molecule has 0 fully saturated rings. The number of hydrogen-bond donors (Lipinski definition) is 1. The second-order valence-electron chi connectivity index (χ2n) is 5.59. The molecule has 2 aromatic heterocycles. The van der Waals surface area contributed by atoms with Crippen LogP contribution in [0.2, 0.25) is 0 Å². The first-order chi connectivity index (χ1) is 12.0. The van der Waals surface area contributed by atoms with E-state index in [1.165, 1.54) is 11.8 Å². The largest absolute Gasteiger partial charge is 0.496 e. The molecule has 1 aromatic carbocycles. The summed E-state index contributed by atoms with van der Waals surface area (Å²) in [4.78, 5) is 23.6. The monoisotopic (exact) mass is 357 g/mol. The minimum atomic E-state index is -0.110. The lowest BCUT2D eigenvalue weighted by Gasteiger charge is -2.03. The fraction of sp³-hybridized carbons (Fsp3) is 0.278. The van der Waals surface area contributed by atoms with Crippen molar-refractivity contribution in [1.82, 2.24) is 15.0 Å². The van der Waals surface area contributed by atoms with Crippen molar-refractivity contribution in [2.75, 3.05) is 7.11 Å². The van der Waals surface area contributed by atoms with Gasteiger partial charge in [0.2, 0.25) is 5.89 Å². The molecule has 0 spiro atoms. The number of aromatic nitrogens is 3. The van der Waals surface area contributed by atoms with Crippen LogP contribution in [-0.4, -0.2) is 22.1 Å². The summed E-state index contributed by atoms with van der Waals surface area (Å²) in [6, 6.07) is 7.59. The third-order valence-electron chi connectivity index (χ3n) is 3.95. The predicted molar refractivity (Wildman–Crippen MR) is 97.1 cm³/mol. The van der Waals surface area contributed by atoms with Gasteiger partial charge in [0.15, 0.2) is 5.16 Å². The third-order valence-corrected chi connectivity index (χ3v) is 4.83. The van der Waals surface area contributed by atoms with Gasteiger partial charge in [-0.3, -0.25) is 4.79 Å². The molecule has 0 bridgehead atoms. The Morgan fingerprint density at radius 3 is 2.68 bits per heavy atom. The molecule has 7 heteroatoms. The van der Waals surface area contributed by atoms with Crippen LogP contribution >= 0.6 is 11.8 Å². The number of thioether (sulfide) groups is 1. The first kappa shape index (κ1) is 17.3. The first-order valence-electron chi connectivity index (χ1n) is 7.79. The number of nitrogens with one attached hydrogen (secondary N) is 1. The Morgan fingerprint density at radius 1 is 1.20 bits per heavy atom. The maximum atomic E-state index is 11.8.